The van der Waals surface area contributed by atoms with Gasteiger partial charge in [0.25, 0.3) is 5.56 Å². The lowest BCUT2D eigenvalue weighted by molar-refractivity contribution is 0.344. The molecule has 0 saturated heterocycles. The summed E-state index contributed by atoms with van der Waals surface area (Å²) in [4.78, 5) is 15.4. The molecule has 0 atom stereocenters. The van der Waals surface area contributed by atoms with Gasteiger partial charge in [-0.25, -0.2) is 0 Å². The molecule has 1 aliphatic heterocycles. The predicted molar refractivity (Wildman–Crippen MR) is 91.2 cm³/mol. The number of aromatic nitrogens is 1. The predicted octanol–water partition coefficient (Wildman–Crippen LogP) is 3.63. The number of hydrogen-bond acceptors (Lipinski definition) is 3. The Balaban J connectivity index is 2.22. The Morgan fingerprint density at radius 3 is 2.91 bits per heavy atom. The summed E-state index contributed by atoms with van der Waals surface area (Å²) in [5.74, 6) is 0.882. The minimum Gasteiger partial charge on any atom is -0.493 e. The van der Waals surface area contributed by atoms with Crippen molar-refractivity contribution in [2.45, 2.75) is 46.0 Å². The van der Waals surface area contributed by atoms with Crippen molar-refractivity contribution in [1.82, 2.24) is 4.98 Å². The van der Waals surface area contributed by atoms with E-state index in [-0.39, 0.29) is 5.56 Å². The lowest BCUT2D eigenvalue weighted by atomic mass is 9.98. The summed E-state index contributed by atoms with van der Waals surface area (Å²) in [5, 5.41) is 4.43. The highest BCUT2D eigenvalue weighted by Gasteiger charge is 2.19. The molecule has 118 valence electrons. The quantitative estimate of drug-likeness (QED) is 0.886. The van der Waals surface area contributed by atoms with Crippen LogP contribution in [0, 0.1) is 0 Å². The van der Waals surface area contributed by atoms with E-state index in [1.807, 2.05) is 6.92 Å². The molecule has 2 heterocycles. The van der Waals surface area contributed by atoms with Crippen LogP contribution in [-0.2, 0) is 12.8 Å². The second-order valence-corrected chi connectivity index (χ2v) is 5.89. The lowest BCUT2D eigenvalue weighted by Crippen LogP contribution is -2.22. The third-order valence-corrected chi connectivity index (χ3v) is 4.26. The molecular weight excluding hydrogens is 276 g/mol. The van der Waals surface area contributed by atoms with Gasteiger partial charge < -0.3 is 15.0 Å². The molecule has 1 aromatic heterocycles. The topological polar surface area (TPSA) is 54.1 Å². The summed E-state index contributed by atoms with van der Waals surface area (Å²) in [6.45, 7) is 5.72. The van der Waals surface area contributed by atoms with Gasteiger partial charge in [-0.15, -0.1) is 0 Å². The summed E-state index contributed by atoms with van der Waals surface area (Å²) in [5.41, 5.74) is 3.97. The molecule has 0 radical (unpaired) electrons. The third-order valence-electron chi connectivity index (χ3n) is 4.26. The van der Waals surface area contributed by atoms with Gasteiger partial charge in [0.1, 0.15) is 5.75 Å². The van der Waals surface area contributed by atoms with Crippen LogP contribution >= 0.6 is 0 Å². The number of pyridine rings is 1. The van der Waals surface area contributed by atoms with Crippen molar-refractivity contribution in [1.29, 1.82) is 0 Å². The molecule has 0 aliphatic carbocycles. The van der Waals surface area contributed by atoms with Crippen LogP contribution in [0.1, 0.15) is 44.2 Å². The summed E-state index contributed by atoms with van der Waals surface area (Å²) in [7, 11) is 0. The highest BCUT2D eigenvalue weighted by Crippen LogP contribution is 2.36. The molecule has 2 N–H and O–H groups in total. The highest BCUT2D eigenvalue weighted by atomic mass is 16.5. The van der Waals surface area contributed by atoms with E-state index in [2.05, 4.69) is 29.4 Å². The molecule has 1 aliphatic rings. The van der Waals surface area contributed by atoms with E-state index in [0.29, 0.717) is 6.61 Å². The zero-order valence-electron chi connectivity index (χ0n) is 13.4. The van der Waals surface area contributed by atoms with Gasteiger partial charge in [-0.3, -0.25) is 4.79 Å². The van der Waals surface area contributed by atoms with Gasteiger partial charge in [0, 0.05) is 12.1 Å². The molecule has 0 bridgehead atoms. The molecule has 4 nitrogen and oxygen atoms in total. The van der Waals surface area contributed by atoms with Gasteiger partial charge in [0.05, 0.1) is 23.2 Å². The van der Waals surface area contributed by atoms with Crippen LogP contribution in [0.25, 0.3) is 10.9 Å². The van der Waals surface area contributed by atoms with Gasteiger partial charge in [-0.05, 0) is 50.3 Å². The number of nitrogens with one attached hydrogen (secondary N) is 2. The molecule has 1 aromatic carbocycles. The van der Waals surface area contributed by atoms with E-state index in [1.165, 1.54) is 5.56 Å². The first-order valence-corrected chi connectivity index (χ1v) is 8.33. The van der Waals surface area contributed by atoms with Gasteiger partial charge in [0.15, 0.2) is 0 Å². The van der Waals surface area contributed by atoms with Crippen LogP contribution in [-0.4, -0.2) is 18.1 Å². The molecular formula is C18H24N2O2. The number of benzene rings is 1. The Labute approximate surface area is 130 Å². The van der Waals surface area contributed by atoms with Crippen LogP contribution in [0.5, 0.6) is 5.75 Å². The fraction of sp³-hybridized carbons (Fsp3) is 0.500. The molecule has 22 heavy (non-hydrogen) atoms. The van der Waals surface area contributed by atoms with Crippen LogP contribution in [0.3, 0.4) is 0 Å². The van der Waals surface area contributed by atoms with Crippen LogP contribution < -0.4 is 15.6 Å². The summed E-state index contributed by atoms with van der Waals surface area (Å²) in [6.07, 6.45) is 5.14. The Kier molecular flexibility index (Phi) is 4.36. The summed E-state index contributed by atoms with van der Waals surface area (Å²) < 4.78 is 5.88. The van der Waals surface area contributed by atoms with E-state index < -0.39 is 0 Å². The first-order valence-electron chi connectivity index (χ1n) is 8.33. The number of aryl methyl sites for hydroxylation is 1. The van der Waals surface area contributed by atoms with E-state index >= 15 is 0 Å². The third kappa shape index (κ3) is 2.70. The van der Waals surface area contributed by atoms with Gasteiger partial charge in [-0.2, -0.15) is 0 Å². The minimum atomic E-state index is 0.0322. The molecule has 2 aromatic rings. The normalized spacial score (nSPS) is 13.7. The van der Waals surface area contributed by atoms with Crippen molar-refractivity contribution in [3.63, 3.8) is 0 Å². The zero-order valence-corrected chi connectivity index (χ0v) is 13.4. The van der Waals surface area contributed by atoms with Crippen molar-refractivity contribution in [2.75, 3.05) is 18.5 Å². The maximum atomic E-state index is 12.3. The smallest absolute Gasteiger partial charge is 0.253 e. The molecule has 0 spiro atoms. The maximum Gasteiger partial charge on any atom is 0.253 e. The number of aromatic amines is 1. The number of H-pyrrole nitrogens is 1. The number of fused-ring (bicyclic) bond motifs is 3. The molecule has 0 fully saturated rings. The van der Waals surface area contributed by atoms with Crippen molar-refractivity contribution < 1.29 is 4.74 Å². The van der Waals surface area contributed by atoms with Crippen LogP contribution in [0.2, 0.25) is 0 Å². The Morgan fingerprint density at radius 1 is 1.27 bits per heavy atom. The Bertz CT molecular complexity index is 734. The van der Waals surface area contributed by atoms with E-state index in [0.717, 1.165) is 66.6 Å². The van der Waals surface area contributed by atoms with Crippen molar-refractivity contribution in [2.24, 2.45) is 0 Å². The standard InChI is InChI=1S/C18H24N2O2/c1-3-5-7-12-10-14-16(15(11-12)22-4-2)17-13(18(21)20-14)8-6-9-19-17/h10-11,19H,3-9H2,1-2H3,(H,20,21). The highest BCUT2D eigenvalue weighted by molar-refractivity contribution is 5.98. The minimum absolute atomic E-state index is 0.0322. The largest absolute Gasteiger partial charge is 0.493 e. The van der Waals surface area contributed by atoms with Gasteiger partial charge in [-0.1, -0.05) is 13.3 Å². The Hall–Kier alpha value is -1.97. The summed E-state index contributed by atoms with van der Waals surface area (Å²) in [6, 6.07) is 4.24. The number of ether oxygens (including phenoxy) is 1. The molecule has 0 amide bonds. The zero-order chi connectivity index (χ0) is 15.5. The molecule has 4 heteroatoms. The average molecular weight is 300 g/mol. The number of unbranched alkanes of at least 4 members (excludes halogenated alkanes) is 1. The fourth-order valence-electron chi connectivity index (χ4n) is 3.20. The second kappa shape index (κ2) is 6.42. The van der Waals surface area contributed by atoms with E-state index in [9.17, 15) is 4.79 Å². The monoisotopic (exact) mass is 300 g/mol. The SMILES string of the molecule is CCCCc1cc(OCC)c2c3c(c(=O)[nH]c2c1)CCCN3. The molecule has 0 saturated carbocycles. The number of rotatable bonds is 5. The molecule has 0 unspecified atom stereocenters. The summed E-state index contributed by atoms with van der Waals surface area (Å²) >= 11 is 0. The van der Waals surface area contributed by atoms with E-state index in [1.54, 1.807) is 0 Å². The maximum absolute atomic E-state index is 12.3. The van der Waals surface area contributed by atoms with Crippen LogP contribution in [0.4, 0.5) is 5.69 Å². The van der Waals surface area contributed by atoms with Crippen molar-refractivity contribution >= 4 is 16.6 Å². The lowest BCUT2D eigenvalue weighted by Gasteiger charge is -2.21. The molecule has 3 rings (SSSR count). The van der Waals surface area contributed by atoms with E-state index in [4.69, 9.17) is 4.74 Å². The first-order chi connectivity index (χ1) is 10.7. The number of anilines is 1. The van der Waals surface area contributed by atoms with Gasteiger partial charge in [0.2, 0.25) is 0 Å². The average Bonchev–Trinajstić information content (AvgIpc) is 2.53. The van der Waals surface area contributed by atoms with Gasteiger partial charge >= 0.3 is 0 Å². The fourth-order valence-corrected chi connectivity index (χ4v) is 3.20. The second-order valence-electron chi connectivity index (χ2n) is 5.89. The number of hydrogen-bond donors (Lipinski definition) is 2. The van der Waals surface area contributed by atoms with Crippen LogP contribution in [0.15, 0.2) is 16.9 Å². The Morgan fingerprint density at radius 2 is 2.14 bits per heavy atom. The first kappa shape index (κ1) is 14.9. The van der Waals surface area contributed by atoms with Crippen molar-refractivity contribution in [3.05, 3.63) is 33.6 Å². The van der Waals surface area contributed by atoms with Crippen molar-refractivity contribution in [3.8, 4) is 5.75 Å².